The van der Waals surface area contributed by atoms with Gasteiger partial charge in [0.15, 0.2) is 0 Å². The number of benzene rings is 2. The number of anilines is 1. The van der Waals surface area contributed by atoms with E-state index < -0.39 is 0 Å². The Bertz CT molecular complexity index is 857. The van der Waals surface area contributed by atoms with Gasteiger partial charge in [-0.3, -0.25) is 9.78 Å². The molecule has 24 heavy (non-hydrogen) atoms. The molecule has 4 nitrogen and oxygen atoms in total. The highest BCUT2D eigenvalue weighted by Crippen LogP contribution is 2.22. The Morgan fingerprint density at radius 2 is 1.88 bits per heavy atom. The summed E-state index contributed by atoms with van der Waals surface area (Å²) in [7, 11) is 0. The number of nitrogens with one attached hydrogen (secondary N) is 1. The molecule has 2 aromatic carbocycles. The molecule has 1 aromatic heterocycles. The molecule has 3 aromatic rings. The van der Waals surface area contributed by atoms with Crippen LogP contribution < -0.4 is 10.1 Å². The summed E-state index contributed by atoms with van der Waals surface area (Å²) in [6.45, 7) is 4.53. The van der Waals surface area contributed by atoms with Crippen molar-refractivity contribution in [2.45, 2.75) is 20.3 Å². The van der Waals surface area contributed by atoms with E-state index in [1.54, 1.807) is 0 Å². The van der Waals surface area contributed by atoms with Crippen molar-refractivity contribution >= 4 is 22.5 Å². The zero-order valence-electron chi connectivity index (χ0n) is 13.9. The van der Waals surface area contributed by atoms with Crippen molar-refractivity contribution in [3.63, 3.8) is 0 Å². The van der Waals surface area contributed by atoms with Crippen molar-refractivity contribution in [2.24, 2.45) is 0 Å². The Kier molecular flexibility index (Phi) is 4.75. The van der Waals surface area contributed by atoms with Crippen LogP contribution in [0.3, 0.4) is 0 Å². The number of nitrogens with zero attached hydrogens (tertiary/aromatic N) is 1. The minimum atomic E-state index is -0.0489. The molecule has 0 fully saturated rings. The molecule has 4 heteroatoms. The quantitative estimate of drug-likeness (QED) is 0.769. The molecule has 0 atom stereocenters. The van der Waals surface area contributed by atoms with Gasteiger partial charge < -0.3 is 10.1 Å². The van der Waals surface area contributed by atoms with Crippen molar-refractivity contribution in [1.82, 2.24) is 4.98 Å². The molecule has 0 saturated carbocycles. The standard InChI is InChI=1S/C20H20N2O2/c1-3-24-16-10-8-15(9-11-16)13-20(23)22-19-6-4-5-18-17(19)12-7-14(2)21-18/h4-12H,3,13H2,1-2H3,(H,22,23). The molecule has 0 aliphatic heterocycles. The molecule has 0 unspecified atom stereocenters. The van der Waals surface area contributed by atoms with E-state index in [1.807, 2.05) is 68.4 Å². The van der Waals surface area contributed by atoms with Gasteiger partial charge in [0.05, 0.1) is 24.2 Å². The Balaban J connectivity index is 1.73. The molecule has 1 heterocycles. The van der Waals surface area contributed by atoms with E-state index in [-0.39, 0.29) is 5.91 Å². The summed E-state index contributed by atoms with van der Waals surface area (Å²) in [6.07, 6.45) is 0.322. The third-order valence-electron chi connectivity index (χ3n) is 3.74. The largest absolute Gasteiger partial charge is 0.494 e. The van der Waals surface area contributed by atoms with Crippen LogP contribution in [0, 0.1) is 6.92 Å². The Morgan fingerprint density at radius 1 is 1.08 bits per heavy atom. The van der Waals surface area contributed by atoms with E-state index >= 15 is 0 Å². The number of rotatable bonds is 5. The fraction of sp³-hybridized carbons (Fsp3) is 0.200. The number of hydrogen-bond donors (Lipinski definition) is 1. The van der Waals surface area contributed by atoms with Crippen LogP contribution in [-0.4, -0.2) is 17.5 Å². The minimum Gasteiger partial charge on any atom is -0.494 e. The van der Waals surface area contributed by atoms with Crippen LogP contribution in [0.1, 0.15) is 18.2 Å². The molecule has 0 aliphatic carbocycles. The number of carbonyl (C=O) groups excluding carboxylic acids is 1. The van der Waals surface area contributed by atoms with Gasteiger partial charge in [-0.15, -0.1) is 0 Å². The number of carbonyl (C=O) groups is 1. The van der Waals surface area contributed by atoms with Gasteiger partial charge in [-0.05, 0) is 55.8 Å². The predicted molar refractivity (Wildman–Crippen MR) is 96.4 cm³/mol. The number of hydrogen-bond acceptors (Lipinski definition) is 3. The van der Waals surface area contributed by atoms with Crippen LogP contribution in [0.5, 0.6) is 5.75 Å². The van der Waals surface area contributed by atoms with E-state index in [2.05, 4.69) is 10.3 Å². The Hall–Kier alpha value is -2.88. The van der Waals surface area contributed by atoms with Crippen LogP contribution in [-0.2, 0) is 11.2 Å². The molecule has 0 bridgehead atoms. The van der Waals surface area contributed by atoms with Crippen molar-refractivity contribution in [2.75, 3.05) is 11.9 Å². The number of pyridine rings is 1. The van der Waals surface area contributed by atoms with E-state index in [0.29, 0.717) is 13.0 Å². The lowest BCUT2D eigenvalue weighted by Crippen LogP contribution is -2.14. The van der Waals surface area contributed by atoms with E-state index in [4.69, 9.17) is 4.74 Å². The zero-order chi connectivity index (χ0) is 16.9. The van der Waals surface area contributed by atoms with Gasteiger partial charge in [-0.2, -0.15) is 0 Å². The maximum atomic E-state index is 12.3. The first-order valence-corrected chi connectivity index (χ1v) is 8.03. The maximum Gasteiger partial charge on any atom is 0.228 e. The molecular formula is C20H20N2O2. The van der Waals surface area contributed by atoms with Crippen LogP contribution in [0.15, 0.2) is 54.6 Å². The first kappa shape index (κ1) is 16.0. The fourth-order valence-electron chi connectivity index (χ4n) is 2.62. The topological polar surface area (TPSA) is 51.2 Å². The number of aromatic nitrogens is 1. The third-order valence-corrected chi connectivity index (χ3v) is 3.74. The first-order chi connectivity index (χ1) is 11.7. The SMILES string of the molecule is CCOc1ccc(CC(=O)Nc2cccc3nc(C)ccc23)cc1. The molecule has 122 valence electrons. The fourth-order valence-corrected chi connectivity index (χ4v) is 2.62. The highest BCUT2D eigenvalue weighted by molar-refractivity contribution is 6.01. The predicted octanol–water partition coefficient (Wildman–Crippen LogP) is 4.12. The summed E-state index contributed by atoms with van der Waals surface area (Å²) < 4.78 is 5.41. The normalized spacial score (nSPS) is 10.6. The Morgan fingerprint density at radius 3 is 2.62 bits per heavy atom. The summed E-state index contributed by atoms with van der Waals surface area (Å²) in [5, 5.41) is 3.93. The van der Waals surface area contributed by atoms with Gasteiger partial charge in [0.2, 0.25) is 5.91 Å². The average Bonchev–Trinajstić information content (AvgIpc) is 2.57. The molecule has 0 saturated heterocycles. The van der Waals surface area contributed by atoms with Crippen LogP contribution in [0.4, 0.5) is 5.69 Å². The monoisotopic (exact) mass is 320 g/mol. The first-order valence-electron chi connectivity index (χ1n) is 8.03. The second kappa shape index (κ2) is 7.13. The smallest absolute Gasteiger partial charge is 0.228 e. The lowest BCUT2D eigenvalue weighted by molar-refractivity contribution is -0.115. The van der Waals surface area contributed by atoms with E-state index in [9.17, 15) is 4.79 Å². The molecule has 1 amide bonds. The Labute approximate surface area is 141 Å². The lowest BCUT2D eigenvalue weighted by atomic mass is 10.1. The van der Waals surface area contributed by atoms with Crippen molar-refractivity contribution in [1.29, 1.82) is 0 Å². The van der Waals surface area contributed by atoms with Crippen LogP contribution in [0.2, 0.25) is 0 Å². The van der Waals surface area contributed by atoms with Gasteiger partial charge in [0, 0.05) is 11.1 Å². The summed E-state index contributed by atoms with van der Waals surface area (Å²) in [5.74, 6) is 0.768. The molecule has 0 radical (unpaired) electrons. The summed E-state index contributed by atoms with van der Waals surface area (Å²) >= 11 is 0. The van der Waals surface area contributed by atoms with Gasteiger partial charge in [0.1, 0.15) is 5.75 Å². The van der Waals surface area contributed by atoms with Gasteiger partial charge in [0.25, 0.3) is 0 Å². The summed E-state index contributed by atoms with van der Waals surface area (Å²) in [6, 6.07) is 17.3. The molecule has 1 N–H and O–H groups in total. The number of amides is 1. The van der Waals surface area contributed by atoms with Crippen molar-refractivity contribution in [3.8, 4) is 5.75 Å². The highest BCUT2D eigenvalue weighted by Gasteiger charge is 2.08. The average molecular weight is 320 g/mol. The van der Waals surface area contributed by atoms with Crippen LogP contribution in [0.25, 0.3) is 10.9 Å². The second-order valence-corrected chi connectivity index (χ2v) is 5.63. The number of aryl methyl sites for hydroxylation is 1. The van der Waals surface area contributed by atoms with E-state index in [1.165, 1.54) is 0 Å². The number of fused-ring (bicyclic) bond motifs is 1. The van der Waals surface area contributed by atoms with Gasteiger partial charge in [-0.25, -0.2) is 0 Å². The van der Waals surface area contributed by atoms with Crippen LogP contribution >= 0.6 is 0 Å². The lowest BCUT2D eigenvalue weighted by Gasteiger charge is -2.09. The molecule has 0 aliphatic rings. The third kappa shape index (κ3) is 3.71. The van der Waals surface area contributed by atoms with Crippen molar-refractivity contribution < 1.29 is 9.53 Å². The molecule has 0 spiro atoms. The highest BCUT2D eigenvalue weighted by atomic mass is 16.5. The van der Waals surface area contributed by atoms with Gasteiger partial charge >= 0.3 is 0 Å². The summed E-state index contributed by atoms with van der Waals surface area (Å²) in [5.41, 5.74) is 3.58. The second-order valence-electron chi connectivity index (χ2n) is 5.63. The minimum absolute atomic E-state index is 0.0489. The van der Waals surface area contributed by atoms with Crippen molar-refractivity contribution in [3.05, 3.63) is 65.9 Å². The molecule has 3 rings (SSSR count). The number of ether oxygens (including phenoxy) is 1. The maximum absolute atomic E-state index is 12.3. The zero-order valence-corrected chi connectivity index (χ0v) is 13.9. The van der Waals surface area contributed by atoms with E-state index in [0.717, 1.165) is 33.6 Å². The van der Waals surface area contributed by atoms with Gasteiger partial charge in [-0.1, -0.05) is 18.2 Å². The molecular weight excluding hydrogens is 300 g/mol. The summed E-state index contributed by atoms with van der Waals surface area (Å²) in [4.78, 5) is 16.8.